The first-order chi connectivity index (χ1) is 7.89. The van der Waals surface area contributed by atoms with E-state index in [9.17, 15) is 8.42 Å². The van der Waals surface area contributed by atoms with E-state index in [0.717, 1.165) is 6.42 Å². The molecule has 0 aromatic carbocycles. The fraction of sp³-hybridized carbons (Fsp3) is 1.00. The molecular weight excluding hydrogens is 240 g/mol. The Hall–Kier alpha value is -0.170. The minimum Gasteiger partial charge on any atom is -0.396 e. The van der Waals surface area contributed by atoms with E-state index in [0.29, 0.717) is 32.0 Å². The van der Waals surface area contributed by atoms with Gasteiger partial charge >= 0.3 is 0 Å². The Morgan fingerprint density at radius 2 is 1.88 bits per heavy atom. The van der Waals surface area contributed by atoms with Crippen LogP contribution >= 0.6 is 0 Å². The van der Waals surface area contributed by atoms with Gasteiger partial charge in [-0.05, 0) is 12.3 Å². The van der Waals surface area contributed by atoms with Crippen LogP contribution in [0.15, 0.2) is 0 Å². The van der Waals surface area contributed by atoms with Crippen LogP contribution in [-0.4, -0.2) is 55.4 Å². The average molecular weight is 266 g/mol. The normalized spacial score (nSPS) is 14.5. The largest absolute Gasteiger partial charge is 0.396 e. The van der Waals surface area contributed by atoms with Crippen LogP contribution in [0.5, 0.6) is 0 Å². The fourth-order valence-electron chi connectivity index (χ4n) is 1.47. The van der Waals surface area contributed by atoms with Crippen LogP contribution < -0.4 is 0 Å². The van der Waals surface area contributed by atoms with E-state index in [1.54, 1.807) is 7.05 Å². The van der Waals surface area contributed by atoms with Gasteiger partial charge in [-0.15, -0.1) is 0 Å². The second kappa shape index (κ2) is 8.02. The van der Waals surface area contributed by atoms with Crippen molar-refractivity contribution in [3.05, 3.63) is 0 Å². The van der Waals surface area contributed by atoms with Crippen molar-refractivity contribution in [2.75, 3.05) is 33.3 Å². The summed E-state index contributed by atoms with van der Waals surface area (Å²) < 4.78 is 27.2. The van der Waals surface area contributed by atoms with Gasteiger partial charge in [-0.2, -0.15) is 17.0 Å². The molecule has 1 N–H and O–H groups in total. The molecule has 0 fully saturated rings. The lowest BCUT2D eigenvalue weighted by Gasteiger charge is -2.28. The molecule has 17 heavy (non-hydrogen) atoms. The number of aliphatic hydroxyl groups excluding tert-OH is 1. The first-order valence-electron chi connectivity index (χ1n) is 6.22. The highest BCUT2D eigenvalue weighted by Crippen LogP contribution is 2.11. The molecule has 0 saturated heterocycles. The molecule has 1 atom stereocenters. The van der Waals surface area contributed by atoms with E-state index < -0.39 is 10.2 Å². The molecule has 0 rings (SSSR count). The van der Waals surface area contributed by atoms with Crippen molar-refractivity contribution in [2.45, 2.75) is 33.6 Å². The number of hydrogen-bond acceptors (Lipinski definition) is 3. The van der Waals surface area contributed by atoms with Crippen molar-refractivity contribution in [1.29, 1.82) is 0 Å². The fourth-order valence-corrected chi connectivity index (χ4v) is 2.99. The topological polar surface area (TPSA) is 60.9 Å². The van der Waals surface area contributed by atoms with Crippen LogP contribution in [0.4, 0.5) is 0 Å². The van der Waals surface area contributed by atoms with Gasteiger partial charge in [0.15, 0.2) is 0 Å². The molecule has 0 aromatic rings. The average Bonchev–Trinajstić information content (AvgIpc) is 2.31. The first kappa shape index (κ1) is 16.8. The maximum absolute atomic E-state index is 12.2. The third-order valence-electron chi connectivity index (χ3n) is 2.92. The molecule has 104 valence electrons. The Kier molecular flexibility index (Phi) is 7.94. The lowest BCUT2D eigenvalue weighted by Crippen LogP contribution is -2.44. The van der Waals surface area contributed by atoms with Crippen LogP contribution in [0.2, 0.25) is 0 Å². The zero-order valence-corrected chi connectivity index (χ0v) is 12.2. The summed E-state index contributed by atoms with van der Waals surface area (Å²) in [6, 6.07) is 0. The van der Waals surface area contributed by atoms with E-state index >= 15 is 0 Å². The quantitative estimate of drug-likeness (QED) is 0.675. The van der Waals surface area contributed by atoms with E-state index in [1.165, 1.54) is 8.61 Å². The Balaban J connectivity index is 4.62. The van der Waals surface area contributed by atoms with Gasteiger partial charge in [0, 0.05) is 33.3 Å². The van der Waals surface area contributed by atoms with Crippen molar-refractivity contribution >= 4 is 10.2 Å². The van der Waals surface area contributed by atoms with Gasteiger partial charge in [0.25, 0.3) is 10.2 Å². The Bertz CT molecular complexity index is 293. The summed E-state index contributed by atoms with van der Waals surface area (Å²) in [6.45, 7) is 7.36. The number of aliphatic hydroxyl groups is 1. The molecule has 0 bridgehead atoms. The Morgan fingerprint density at radius 1 is 1.29 bits per heavy atom. The Morgan fingerprint density at radius 3 is 2.29 bits per heavy atom. The summed E-state index contributed by atoms with van der Waals surface area (Å²) >= 11 is 0. The third kappa shape index (κ3) is 5.33. The second-order valence-corrected chi connectivity index (χ2v) is 6.41. The molecule has 0 aliphatic heterocycles. The molecule has 0 aromatic heterocycles. The summed E-state index contributed by atoms with van der Waals surface area (Å²) in [5.74, 6) is 0.357. The maximum atomic E-state index is 12.2. The number of hydrogen-bond donors (Lipinski definition) is 1. The monoisotopic (exact) mass is 266 g/mol. The standard InChI is InChI=1S/C11H26N2O3S/c1-5-11(3)10-13(6-2)17(15,16)12(4)8-7-9-14/h11,14H,5-10H2,1-4H3. The predicted molar refractivity (Wildman–Crippen MR) is 70.0 cm³/mol. The van der Waals surface area contributed by atoms with Gasteiger partial charge < -0.3 is 5.11 Å². The van der Waals surface area contributed by atoms with Crippen LogP contribution in [0.3, 0.4) is 0 Å². The molecule has 0 amide bonds. The van der Waals surface area contributed by atoms with Gasteiger partial charge in [-0.25, -0.2) is 0 Å². The van der Waals surface area contributed by atoms with Crippen molar-refractivity contribution in [3.8, 4) is 0 Å². The van der Waals surface area contributed by atoms with Crippen molar-refractivity contribution in [3.63, 3.8) is 0 Å². The zero-order chi connectivity index (χ0) is 13.5. The smallest absolute Gasteiger partial charge is 0.281 e. The molecule has 0 saturated carbocycles. The molecule has 0 spiro atoms. The summed E-state index contributed by atoms with van der Waals surface area (Å²) in [5.41, 5.74) is 0. The van der Waals surface area contributed by atoms with Crippen molar-refractivity contribution in [2.24, 2.45) is 5.92 Å². The minimum atomic E-state index is -3.37. The van der Waals surface area contributed by atoms with Crippen molar-refractivity contribution < 1.29 is 13.5 Å². The summed E-state index contributed by atoms with van der Waals surface area (Å²) in [7, 11) is -1.81. The highest BCUT2D eigenvalue weighted by atomic mass is 32.2. The Labute approximate surface area is 106 Å². The van der Waals surface area contributed by atoms with Crippen LogP contribution in [0.25, 0.3) is 0 Å². The highest BCUT2D eigenvalue weighted by molar-refractivity contribution is 7.86. The lowest BCUT2D eigenvalue weighted by molar-refractivity contribution is 0.269. The maximum Gasteiger partial charge on any atom is 0.281 e. The van der Waals surface area contributed by atoms with Gasteiger partial charge in [-0.1, -0.05) is 27.2 Å². The molecule has 1 unspecified atom stereocenters. The highest BCUT2D eigenvalue weighted by Gasteiger charge is 2.26. The molecule has 5 nitrogen and oxygen atoms in total. The molecule has 6 heteroatoms. The van der Waals surface area contributed by atoms with Crippen molar-refractivity contribution in [1.82, 2.24) is 8.61 Å². The SMILES string of the molecule is CCC(C)CN(CC)S(=O)(=O)N(C)CCCO. The van der Waals surface area contributed by atoms with Crippen LogP contribution in [0.1, 0.15) is 33.6 Å². The molecular formula is C11H26N2O3S. The van der Waals surface area contributed by atoms with Gasteiger partial charge in [0.2, 0.25) is 0 Å². The molecule has 0 heterocycles. The van der Waals surface area contributed by atoms with Crippen LogP contribution in [0, 0.1) is 5.92 Å². The summed E-state index contributed by atoms with van der Waals surface area (Å²) in [6.07, 6.45) is 1.43. The van der Waals surface area contributed by atoms with E-state index in [4.69, 9.17) is 5.11 Å². The van der Waals surface area contributed by atoms with E-state index in [2.05, 4.69) is 6.92 Å². The first-order valence-corrected chi connectivity index (χ1v) is 7.62. The predicted octanol–water partition coefficient (Wildman–Crippen LogP) is 0.913. The zero-order valence-electron chi connectivity index (χ0n) is 11.4. The number of nitrogens with zero attached hydrogens (tertiary/aromatic N) is 2. The van der Waals surface area contributed by atoms with E-state index in [-0.39, 0.29) is 6.61 Å². The van der Waals surface area contributed by atoms with E-state index in [1.807, 2.05) is 13.8 Å². The van der Waals surface area contributed by atoms with Gasteiger partial charge in [0.05, 0.1) is 0 Å². The molecule has 0 aliphatic rings. The van der Waals surface area contributed by atoms with Crippen LogP contribution in [-0.2, 0) is 10.2 Å². The number of rotatable bonds is 9. The van der Waals surface area contributed by atoms with Gasteiger partial charge in [-0.3, -0.25) is 0 Å². The third-order valence-corrected chi connectivity index (χ3v) is 4.95. The minimum absolute atomic E-state index is 0.0113. The molecule has 0 aliphatic carbocycles. The lowest BCUT2D eigenvalue weighted by atomic mass is 10.1. The molecule has 0 radical (unpaired) electrons. The summed E-state index contributed by atoms with van der Waals surface area (Å²) in [4.78, 5) is 0. The van der Waals surface area contributed by atoms with Gasteiger partial charge in [0.1, 0.15) is 0 Å². The summed E-state index contributed by atoms with van der Waals surface area (Å²) in [5, 5.41) is 8.73. The second-order valence-electron chi connectivity index (χ2n) is 4.37.